The van der Waals surface area contributed by atoms with Crippen LogP contribution in [0.15, 0.2) is 28.9 Å². The lowest BCUT2D eigenvalue weighted by Crippen LogP contribution is -2.69. The van der Waals surface area contributed by atoms with E-state index >= 15 is 4.39 Å². The Labute approximate surface area is 215 Å². The number of alkyl carbamates (subject to hydrolysis) is 1. The van der Waals surface area contributed by atoms with Crippen LogP contribution in [0.1, 0.15) is 46.5 Å². The van der Waals surface area contributed by atoms with Crippen molar-refractivity contribution in [1.82, 2.24) is 10.7 Å². The lowest BCUT2D eigenvalue weighted by Gasteiger charge is -2.62. The molecule has 0 aliphatic heterocycles. The van der Waals surface area contributed by atoms with Crippen molar-refractivity contribution in [1.29, 1.82) is 0 Å². The number of rotatable bonds is 5. The molecule has 0 aromatic carbocycles. The minimum atomic E-state index is -2.05. The molecule has 4 rings (SSSR count). The van der Waals surface area contributed by atoms with Crippen LogP contribution in [0.25, 0.3) is 0 Å². The minimum Gasteiger partial charge on any atom is -0.453 e. The van der Waals surface area contributed by atoms with Gasteiger partial charge >= 0.3 is 6.09 Å². The molecule has 204 valence electrons. The first kappa shape index (κ1) is 27.4. The van der Waals surface area contributed by atoms with Gasteiger partial charge in [-0.3, -0.25) is 9.59 Å². The number of fused-ring (bicyclic) bond motifs is 5. The van der Waals surface area contributed by atoms with Crippen LogP contribution in [-0.4, -0.2) is 76.5 Å². The number of halogens is 1. The fourth-order valence-electron chi connectivity index (χ4n) is 7.73. The molecule has 0 radical (unpaired) electrons. The number of Topliss-reactive ketones (excluding diaryl/α,β-unsaturated/α-hetero) is 1. The number of carbonyl (C=O) groups is 3. The Balaban J connectivity index is 1.60. The summed E-state index contributed by atoms with van der Waals surface area (Å²) in [6, 6.07) is 0. The highest BCUT2D eigenvalue weighted by Crippen LogP contribution is 2.70. The van der Waals surface area contributed by atoms with Crippen molar-refractivity contribution in [3.8, 4) is 0 Å². The van der Waals surface area contributed by atoms with Gasteiger partial charge < -0.3 is 25.4 Å². The van der Waals surface area contributed by atoms with Gasteiger partial charge in [-0.1, -0.05) is 25.5 Å². The van der Waals surface area contributed by atoms with E-state index < -0.39 is 64.4 Å². The Hall–Kier alpha value is -2.63. The van der Waals surface area contributed by atoms with Crippen molar-refractivity contribution in [2.24, 2.45) is 33.7 Å². The third-order valence-electron chi connectivity index (χ3n) is 9.69. The molecule has 10 nitrogen and oxygen atoms in total. The number of carbonyl (C=O) groups excluding carboxylic acids is 3. The monoisotopic (exact) mass is 521 g/mol. The SMILES string of the molecule is COC(=O)NCC(=O)N/N=C1\C=C[C@@]2(C)C(=C1)CC[C@H]1[C@@H]3C[C@@H](C)[C@](O)(C(=O)CO)[C@@]3(C)C[C@H](O)[C@@]12F. The average molecular weight is 522 g/mol. The molecule has 0 aromatic rings. The summed E-state index contributed by atoms with van der Waals surface area (Å²) in [6.07, 6.45) is 3.97. The second-order valence-electron chi connectivity index (χ2n) is 11.3. The Morgan fingerprint density at radius 2 is 1.97 bits per heavy atom. The standard InChI is InChI=1S/C26H36FN3O7/c1-14-9-18-17-6-5-15-10-16(29-30-21(34)12-28-22(35)37-4)7-8-23(15,2)25(17,27)19(32)11-24(18,3)26(14,36)20(33)13-31/h7-8,10,14,17-19,31-32,36H,5-6,9,11-13H2,1-4H3,(H,28,35)(H,30,34)/b29-16+/t14-,17+,18+,19+,23+,24+,25+,26+/m1/s1. The topological polar surface area (TPSA) is 158 Å². The average Bonchev–Trinajstić information content (AvgIpc) is 3.07. The number of hydrogen-bond acceptors (Lipinski definition) is 8. The molecule has 4 aliphatic rings. The predicted molar refractivity (Wildman–Crippen MR) is 131 cm³/mol. The third kappa shape index (κ3) is 3.77. The summed E-state index contributed by atoms with van der Waals surface area (Å²) in [4.78, 5) is 35.8. The highest BCUT2D eigenvalue weighted by molar-refractivity contribution is 6.06. The van der Waals surface area contributed by atoms with Crippen molar-refractivity contribution in [3.05, 3.63) is 23.8 Å². The van der Waals surface area contributed by atoms with Crippen molar-refractivity contribution in [3.63, 3.8) is 0 Å². The van der Waals surface area contributed by atoms with Crippen LogP contribution < -0.4 is 10.7 Å². The van der Waals surface area contributed by atoms with Gasteiger partial charge in [0.25, 0.3) is 5.91 Å². The molecule has 8 atom stereocenters. The Kier molecular flexibility index (Phi) is 6.88. The fraction of sp³-hybridized carbons (Fsp3) is 0.692. The number of methoxy groups -OCH3 is 1. The van der Waals surface area contributed by atoms with E-state index in [1.165, 1.54) is 7.11 Å². The van der Waals surface area contributed by atoms with Gasteiger partial charge in [0.15, 0.2) is 11.5 Å². The first-order valence-corrected chi connectivity index (χ1v) is 12.6. The molecule has 0 heterocycles. The summed E-state index contributed by atoms with van der Waals surface area (Å²) in [5.74, 6) is -2.71. The third-order valence-corrected chi connectivity index (χ3v) is 9.69. The summed E-state index contributed by atoms with van der Waals surface area (Å²) in [6.45, 7) is 4.09. The van der Waals surface area contributed by atoms with Gasteiger partial charge in [0.1, 0.15) is 18.8 Å². The van der Waals surface area contributed by atoms with E-state index in [1.807, 2.05) is 0 Å². The number of alkyl halides is 1. The summed E-state index contributed by atoms with van der Waals surface area (Å²) in [5.41, 5.74) is -2.66. The molecule has 37 heavy (non-hydrogen) atoms. The summed E-state index contributed by atoms with van der Waals surface area (Å²) >= 11 is 0. The second kappa shape index (κ2) is 9.28. The van der Waals surface area contributed by atoms with Crippen molar-refractivity contribution < 1.29 is 38.8 Å². The number of hydrogen-bond donors (Lipinski definition) is 5. The van der Waals surface area contributed by atoms with Crippen LogP contribution in [0.4, 0.5) is 9.18 Å². The van der Waals surface area contributed by atoms with Crippen LogP contribution in [0.2, 0.25) is 0 Å². The molecule has 0 spiro atoms. The molecule has 0 saturated heterocycles. The van der Waals surface area contributed by atoms with Crippen molar-refractivity contribution >= 4 is 23.5 Å². The van der Waals surface area contributed by atoms with E-state index in [9.17, 15) is 29.7 Å². The van der Waals surface area contributed by atoms with E-state index in [1.54, 1.807) is 39.0 Å². The number of ether oxygens (including phenoxy) is 1. The Morgan fingerprint density at radius 1 is 1.27 bits per heavy atom. The lowest BCUT2D eigenvalue weighted by atomic mass is 9.44. The molecule has 3 saturated carbocycles. The van der Waals surface area contributed by atoms with E-state index in [2.05, 4.69) is 20.6 Å². The molecular weight excluding hydrogens is 485 g/mol. The number of ketones is 1. The zero-order valence-corrected chi connectivity index (χ0v) is 21.6. The van der Waals surface area contributed by atoms with Gasteiger partial charge in [-0.05, 0) is 56.6 Å². The molecule has 11 heteroatoms. The van der Waals surface area contributed by atoms with Gasteiger partial charge in [-0.15, -0.1) is 0 Å². The zero-order chi connectivity index (χ0) is 27.4. The van der Waals surface area contributed by atoms with Gasteiger partial charge in [0.2, 0.25) is 0 Å². The molecule has 2 amide bonds. The van der Waals surface area contributed by atoms with Crippen LogP contribution >= 0.6 is 0 Å². The maximum Gasteiger partial charge on any atom is 0.407 e. The van der Waals surface area contributed by atoms with Gasteiger partial charge in [0.05, 0.1) is 18.9 Å². The van der Waals surface area contributed by atoms with Crippen molar-refractivity contribution in [2.45, 2.75) is 63.8 Å². The predicted octanol–water partition coefficient (Wildman–Crippen LogP) is 1.15. The Morgan fingerprint density at radius 3 is 2.62 bits per heavy atom. The largest absolute Gasteiger partial charge is 0.453 e. The molecule has 4 aliphatic carbocycles. The fourth-order valence-corrected chi connectivity index (χ4v) is 7.73. The van der Waals surface area contributed by atoms with E-state index in [4.69, 9.17) is 0 Å². The quantitative estimate of drug-likeness (QED) is 0.340. The molecular formula is C26H36FN3O7. The number of aliphatic hydroxyl groups is 3. The van der Waals surface area contributed by atoms with E-state index in [0.29, 0.717) is 25.0 Å². The van der Waals surface area contributed by atoms with Crippen LogP contribution in [0.5, 0.6) is 0 Å². The molecule has 0 bridgehead atoms. The number of nitrogens with one attached hydrogen (secondary N) is 2. The smallest absolute Gasteiger partial charge is 0.407 e. The highest BCUT2D eigenvalue weighted by Gasteiger charge is 2.75. The van der Waals surface area contributed by atoms with Gasteiger partial charge in [0, 0.05) is 16.7 Å². The number of hydrazone groups is 1. The minimum absolute atomic E-state index is 0.113. The molecule has 0 unspecified atom stereocenters. The zero-order valence-electron chi connectivity index (χ0n) is 21.6. The van der Waals surface area contributed by atoms with Crippen LogP contribution in [0.3, 0.4) is 0 Å². The number of allylic oxidation sites excluding steroid dienone is 4. The van der Waals surface area contributed by atoms with Gasteiger partial charge in [-0.25, -0.2) is 14.6 Å². The lowest BCUT2D eigenvalue weighted by molar-refractivity contribution is -0.219. The van der Waals surface area contributed by atoms with E-state index in [0.717, 1.165) is 5.57 Å². The van der Waals surface area contributed by atoms with Crippen LogP contribution in [-0.2, 0) is 14.3 Å². The van der Waals surface area contributed by atoms with Crippen molar-refractivity contribution in [2.75, 3.05) is 20.3 Å². The maximum atomic E-state index is 17.3. The summed E-state index contributed by atoms with van der Waals surface area (Å²) < 4.78 is 21.7. The maximum absolute atomic E-state index is 17.3. The first-order valence-electron chi connectivity index (χ1n) is 12.6. The number of amides is 2. The number of nitrogens with zero attached hydrogens (tertiary/aromatic N) is 1. The molecule has 5 N–H and O–H groups in total. The first-order chi connectivity index (χ1) is 17.3. The summed E-state index contributed by atoms with van der Waals surface area (Å²) in [5, 5.41) is 38.8. The van der Waals surface area contributed by atoms with E-state index in [-0.39, 0.29) is 18.9 Å². The Bertz CT molecular complexity index is 1090. The molecule has 0 aromatic heterocycles. The highest BCUT2D eigenvalue weighted by atomic mass is 19.1. The van der Waals surface area contributed by atoms with Gasteiger partial charge in [-0.2, -0.15) is 5.10 Å². The number of aliphatic hydroxyl groups excluding tert-OH is 2. The van der Waals surface area contributed by atoms with Crippen LogP contribution in [0, 0.1) is 28.6 Å². The summed E-state index contributed by atoms with van der Waals surface area (Å²) in [7, 11) is 1.18. The second-order valence-corrected chi connectivity index (χ2v) is 11.3. The normalized spacial score (nSPS) is 43.2. The molecule has 3 fully saturated rings.